The van der Waals surface area contributed by atoms with Crippen LogP contribution in [0.5, 0.6) is 11.5 Å². The quantitative estimate of drug-likeness (QED) is 0.908. The highest BCUT2D eigenvalue weighted by atomic mass is 16.5. The van der Waals surface area contributed by atoms with Crippen LogP contribution in [0, 0.1) is 0 Å². The van der Waals surface area contributed by atoms with E-state index in [1.165, 1.54) is 0 Å². The molecule has 1 aliphatic heterocycles. The summed E-state index contributed by atoms with van der Waals surface area (Å²) in [6.45, 7) is 7.50. The minimum atomic E-state index is 0.102. The summed E-state index contributed by atoms with van der Waals surface area (Å²) in [4.78, 5) is 2.38. The van der Waals surface area contributed by atoms with Crippen molar-refractivity contribution in [2.75, 3.05) is 38.8 Å². The normalized spacial score (nSPS) is 18.8. The molecule has 0 bridgehead atoms. The number of nitrogens with zero attached hydrogens (tertiary/aromatic N) is 1. The summed E-state index contributed by atoms with van der Waals surface area (Å²) in [5, 5.41) is 3.57. The fraction of sp³-hybridized carbons (Fsp3) is 0.600. The van der Waals surface area contributed by atoms with Gasteiger partial charge >= 0.3 is 0 Å². The van der Waals surface area contributed by atoms with E-state index in [1.54, 1.807) is 14.2 Å². The number of methoxy groups -OCH3 is 2. The van der Waals surface area contributed by atoms with Crippen molar-refractivity contribution in [1.82, 2.24) is 5.32 Å². The molecular formula is C15H24N2O2. The topological polar surface area (TPSA) is 33.7 Å². The van der Waals surface area contributed by atoms with Crippen molar-refractivity contribution in [3.63, 3.8) is 0 Å². The standard InChI is InChI=1S/C15H24N2O2/c1-15(2)11-17(9-5-8-16-15)13-10-12(18-3)6-7-14(13)19-4/h6-7,10,16H,5,8-9,11H2,1-4H3. The third kappa shape index (κ3) is 3.32. The first kappa shape index (κ1) is 14.0. The van der Waals surface area contributed by atoms with Crippen molar-refractivity contribution in [3.05, 3.63) is 18.2 Å². The maximum absolute atomic E-state index is 5.49. The molecule has 1 aromatic rings. The van der Waals surface area contributed by atoms with Crippen LogP contribution in [0.4, 0.5) is 5.69 Å². The summed E-state index contributed by atoms with van der Waals surface area (Å²) in [6, 6.07) is 5.96. The maximum atomic E-state index is 5.49. The number of hydrogen-bond acceptors (Lipinski definition) is 4. The van der Waals surface area contributed by atoms with Gasteiger partial charge in [0.1, 0.15) is 11.5 Å². The lowest BCUT2D eigenvalue weighted by atomic mass is 10.1. The summed E-state index contributed by atoms with van der Waals surface area (Å²) in [5.41, 5.74) is 1.21. The molecule has 106 valence electrons. The molecule has 0 aromatic heterocycles. The third-order valence-corrected chi connectivity index (χ3v) is 3.52. The number of nitrogens with one attached hydrogen (secondary N) is 1. The predicted molar refractivity (Wildman–Crippen MR) is 78.5 cm³/mol. The molecule has 1 saturated heterocycles. The summed E-state index contributed by atoms with van der Waals surface area (Å²) in [7, 11) is 3.41. The van der Waals surface area contributed by atoms with Gasteiger partial charge in [-0.15, -0.1) is 0 Å². The molecule has 1 heterocycles. The van der Waals surface area contributed by atoms with E-state index in [-0.39, 0.29) is 5.54 Å². The summed E-state index contributed by atoms with van der Waals surface area (Å²) in [6.07, 6.45) is 1.13. The Morgan fingerprint density at radius 2 is 2.00 bits per heavy atom. The number of benzene rings is 1. The molecule has 0 aliphatic carbocycles. The molecule has 0 unspecified atom stereocenters. The average molecular weight is 264 g/mol. The molecule has 0 spiro atoms. The first-order chi connectivity index (χ1) is 9.05. The molecule has 1 N–H and O–H groups in total. The SMILES string of the molecule is COc1ccc(OC)c(N2CCCNC(C)(C)C2)c1. The van der Waals surface area contributed by atoms with E-state index >= 15 is 0 Å². The number of ether oxygens (including phenoxy) is 2. The van der Waals surface area contributed by atoms with Crippen LogP contribution in [0.2, 0.25) is 0 Å². The predicted octanol–water partition coefficient (Wildman–Crippen LogP) is 2.28. The second-order valence-corrected chi connectivity index (χ2v) is 5.62. The highest BCUT2D eigenvalue weighted by Crippen LogP contribution is 2.33. The Morgan fingerprint density at radius 1 is 1.21 bits per heavy atom. The van der Waals surface area contributed by atoms with Crippen LogP contribution in [-0.2, 0) is 0 Å². The molecule has 0 saturated carbocycles. The molecule has 1 aliphatic rings. The van der Waals surface area contributed by atoms with Gasteiger partial charge in [-0.05, 0) is 38.9 Å². The zero-order chi connectivity index (χ0) is 13.9. The van der Waals surface area contributed by atoms with Gasteiger partial charge in [0.05, 0.1) is 19.9 Å². The third-order valence-electron chi connectivity index (χ3n) is 3.52. The monoisotopic (exact) mass is 264 g/mol. The summed E-state index contributed by atoms with van der Waals surface area (Å²) in [5.74, 6) is 1.77. The van der Waals surface area contributed by atoms with E-state index in [9.17, 15) is 0 Å². The zero-order valence-corrected chi connectivity index (χ0v) is 12.3. The second-order valence-electron chi connectivity index (χ2n) is 5.62. The van der Waals surface area contributed by atoms with Crippen LogP contribution in [0.25, 0.3) is 0 Å². The molecule has 1 fully saturated rings. The first-order valence-corrected chi connectivity index (χ1v) is 6.78. The first-order valence-electron chi connectivity index (χ1n) is 6.78. The Labute approximate surface area is 115 Å². The van der Waals surface area contributed by atoms with Gasteiger partial charge in [0.25, 0.3) is 0 Å². The van der Waals surface area contributed by atoms with E-state index in [4.69, 9.17) is 9.47 Å². The van der Waals surface area contributed by atoms with E-state index in [1.807, 2.05) is 12.1 Å². The maximum Gasteiger partial charge on any atom is 0.142 e. The molecule has 4 heteroatoms. The average Bonchev–Trinajstić information content (AvgIpc) is 2.58. The fourth-order valence-corrected chi connectivity index (χ4v) is 2.56. The van der Waals surface area contributed by atoms with Crippen molar-refractivity contribution in [2.45, 2.75) is 25.8 Å². The van der Waals surface area contributed by atoms with Crippen molar-refractivity contribution in [1.29, 1.82) is 0 Å². The molecule has 19 heavy (non-hydrogen) atoms. The Kier molecular flexibility index (Phi) is 4.20. The smallest absolute Gasteiger partial charge is 0.142 e. The number of anilines is 1. The molecule has 2 rings (SSSR count). The van der Waals surface area contributed by atoms with Gasteiger partial charge in [-0.2, -0.15) is 0 Å². The van der Waals surface area contributed by atoms with Crippen molar-refractivity contribution in [3.8, 4) is 11.5 Å². The van der Waals surface area contributed by atoms with Gasteiger partial charge in [-0.1, -0.05) is 0 Å². The van der Waals surface area contributed by atoms with Crippen LogP contribution < -0.4 is 19.7 Å². The van der Waals surface area contributed by atoms with Crippen LogP contribution >= 0.6 is 0 Å². The highest BCUT2D eigenvalue weighted by molar-refractivity contribution is 5.62. The minimum absolute atomic E-state index is 0.102. The largest absolute Gasteiger partial charge is 0.497 e. The molecule has 0 radical (unpaired) electrons. The molecule has 0 amide bonds. The van der Waals surface area contributed by atoms with Crippen LogP contribution in [0.15, 0.2) is 18.2 Å². The van der Waals surface area contributed by atoms with E-state index in [2.05, 4.69) is 30.1 Å². The van der Waals surface area contributed by atoms with E-state index < -0.39 is 0 Å². The molecular weight excluding hydrogens is 240 g/mol. The fourth-order valence-electron chi connectivity index (χ4n) is 2.56. The van der Waals surface area contributed by atoms with Crippen molar-refractivity contribution >= 4 is 5.69 Å². The Hall–Kier alpha value is -1.42. The van der Waals surface area contributed by atoms with Crippen LogP contribution in [0.1, 0.15) is 20.3 Å². The summed E-state index contributed by atoms with van der Waals surface area (Å²) < 4.78 is 10.8. The lowest BCUT2D eigenvalue weighted by molar-refractivity contribution is 0.397. The Balaban J connectivity index is 2.32. The van der Waals surface area contributed by atoms with Crippen molar-refractivity contribution < 1.29 is 9.47 Å². The Morgan fingerprint density at radius 3 is 2.68 bits per heavy atom. The van der Waals surface area contributed by atoms with Gasteiger partial charge < -0.3 is 19.7 Å². The lowest BCUT2D eigenvalue weighted by Crippen LogP contribution is -2.46. The second kappa shape index (κ2) is 5.70. The molecule has 0 atom stereocenters. The highest BCUT2D eigenvalue weighted by Gasteiger charge is 2.25. The van der Waals surface area contributed by atoms with E-state index in [0.29, 0.717) is 0 Å². The van der Waals surface area contributed by atoms with E-state index in [0.717, 1.165) is 43.2 Å². The van der Waals surface area contributed by atoms with Gasteiger partial charge in [0.15, 0.2) is 0 Å². The molecule has 1 aromatic carbocycles. The van der Waals surface area contributed by atoms with Crippen LogP contribution in [0.3, 0.4) is 0 Å². The van der Waals surface area contributed by atoms with Crippen LogP contribution in [-0.4, -0.2) is 39.4 Å². The number of rotatable bonds is 3. The summed E-state index contributed by atoms with van der Waals surface area (Å²) >= 11 is 0. The molecule has 4 nitrogen and oxygen atoms in total. The number of hydrogen-bond donors (Lipinski definition) is 1. The Bertz CT molecular complexity index is 432. The lowest BCUT2D eigenvalue weighted by Gasteiger charge is -2.32. The van der Waals surface area contributed by atoms with Gasteiger partial charge in [-0.3, -0.25) is 0 Å². The zero-order valence-electron chi connectivity index (χ0n) is 12.3. The van der Waals surface area contributed by atoms with Gasteiger partial charge in [0.2, 0.25) is 0 Å². The van der Waals surface area contributed by atoms with Gasteiger partial charge in [-0.25, -0.2) is 0 Å². The van der Waals surface area contributed by atoms with Gasteiger partial charge in [0, 0.05) is 24.7 Å². The van der Waals surface area contributed by atoms with Crippen molar-refractivity contribution in [2.24, 2.45) is 0 Å². The minimum Gasteiger partial charge on any atom is -0.497 e.